The van der Waals surface area contributed by atoms with Crippen molar-refractivity contribution in [2.75, 3.05) is 13.2 Å². The number of carboxylic acid groups (broad SMARTS) is 1. The number of hydrogen-bond acceptors (Lipinski definition) is 5. The summed E-state index contributed by atoms with van der Waals surface area (Å²) in [7, 11) is 0. The Hall–Kier alpha value is -1.40. The van der Waals surface area contributed by atoms with E-state index in [1.165, 1.54) is 6.92 Å². The summed E-state index contributed by atoms with van der Waals surface area (Å²) in [5.74, 6) is -2.68. The maximum Gasteiger partial charge on any atom is 0.318 e. The molecule has 0 aromatic heterocycles. The second kappa shape index (κ2) is 4.00. The third-order valence-electron chi connectivity index (χ3n) is 2.65. The van der Waals surface area contributed by atoms with Crippen molar-refractivity contribution in [1.29, 1.82) is 0 Å². The topological polar surface area (TPSA) is 110 Å². The Morgan fingerprint density at radius 3 is 2.60 bits per heavy atom. The number of hydrogen-bond donors (Lipinski definition) is 4. The smallest absolute Gasteiger partial charge is 0.318 e. The fraction of sp³-hybridized carbons (Fsp3) is 0.556. The highest BCUT2D eigenvalue weighted by molar-refractivity contribution is 5.96. The average Bonchev–Trinajstić information content (AvgIpc) is 2.21. The van der Waals surface area contributed by atoms with E-state index < -0.39 is 30.5 Å². The van der Waals surface area contributed by atoms with Crippen molar-refractivity contribution in [2.45, 2.75) is 6.92 Å². The van der Waals surface area contributed by atoms with Crippen LogP contribution in [0.4, 0.5) is 0 Å². The molecule has 6 nitrogen and oxygen atoms in total. The summed E-state index contributed by atoms with van der Waals surface area (Å²) in [5, 5.41) is 36.7. The molecule has 2 atom stereocenters. The maximum atomic E-state index is 11.0. The van der Waals surface area contributed by atoms with E-state index in [0.717, 1.165) is 6.21 Å². The summed E-state index contributed by atoms with van der Waals surface area (Å²) in [6, 6.07) is 0. The van der Waals surface area contributed by atoms with Gasteiger partial charge in [0.1, 0.15) is 11.2 Å². The molecule has 1 aliphatic heterocycles. The first-order chi connectivity index (χ1) is 6.99. The van der Waals surface area contributed by atoms with Gasteiger partial charge >= 0.3 is 5.97 Å². The van der Waals surface area contributed by atoms with Gasteiger partial charge in [-0.25, -0.2) is 0 Å². The highest BCUT2D eigenvalue weighted by Crippen LogP contribution is 2.35. The molecule has 0 spiro atoms. The molecule has 0 amide bonds. The molecule has 0 aromatic carbocycles. The molecule has 0 aliphatic carbocycles. The molecular weight excluding hydrogens is 202 g/mol. The predicted octanol–water partition coefficient (Wildman–Crippen LogP) is -0.468. The summed E-state index contributed by atoms with van der Waals surface area (Å²) < 4.78 is 0. The largest absolute Gasteiger partial charge is 0.510 e. The SMILES string of the molecule is CC1=C(O)C(CO)C(CO)(C(=O)O)C=N1. The number of rotatable bonds is 3. The Morgan fingerprint density at radius 2 is 2.20 bits per heavy atom. The highest BCUT2D eigenvalue weighted by atomic mass is 16.4. The van der Waals surface area contributed by atoms with Gasteiger partial charge in [-0.2, -0.15) is 0 Å². The van der Waals surface area contributed by atoms with Crippen LogP contribution in [0.25, 0.3) is 0 Å². The van der Waals surface area contributed by atoms with Crippen LogP contribution in [0.2, 0.25) is 0 Å². The number of aliphatic carboxylic acids is 1. The van der Waals surface area contributed by atoms with E-state index in [1.807, 2.05) is 0 Å². The minimum absolute atomic E-state index is 0.249. The molecule has 0 radical (unpaired) electrons. The molecule has 1 rings (SSSR count). The molecule has 15 heavy (non-hydrogen) atoms. The number of aliphatic hydroxyl groups excluding tert-OH is 3. The minimum Gasteiger partial charge on any atom is -0.510 e. The number of aliphatic imine (C=N–C) groups is 1. The first kappa shape index (κ1) is 11.7. The van der Waals surface area contributed by atoms with Gasteiger partial charge in [-0.3, -0.25) is 9.79 Å². The lowest BCUT2D eigenvalue weighted by Crippen LogP contribution is -2.47. The standard InChI is InChI=1S/C9H13NO5/c1-5-7(13)6(2-11)9(4-12,3-10-5)8(14)15/h3,6,11-13H,2,4H2,1H3,(H,14,15). The molecule has 0 aromatic rings. The van der Waals surface area contributed by atoms with Gasteiger partial charge in [-0.1, -0.05) is 0 Å². The van der Waals surface area contributed by atoms with E-state index in [1.54, 1.807) is 0 Å². The molecule has 1 aliphatic rings. The number of aliphatic hydroxyl groups is 3. The first-order valence-electron chi connectivity index (χ1n) is 4.39. The molecule has 2 unspecified atom stereocenters. The lowest BCUT2D eigenvalue weighted by molar-refractivity contribution is -0.150. The van der Waals surface area contributed by atoms with E-state index in [4.69, 9.17) is 15.3 Å². The van der Waals surface area contributed by atoms with E-state index in [9.17, 15) is 9.90 Å². The van der Waals surface area contributed by atoms with Gasteiger partial charge in [0, 0.05) is 6.21 Å². The van der Waals surface area contributed by atoms with Gasteiger partial charge in [-0.15, -0.1) is 0 Å². The van der Waals surface area contributed by atoms with Crippen molar-refractivity contribution in [3.8, 4) is 0 Å². The molecule has 1 heterocycles. The molecule has 0 saturated carbocycles. The Bertz CT molecular complexity index is 335. The molecule has 0 bridgehead atoms. The van der Waals surface area contributed by atoms with Gasteiger partial charge in [0.15, 0.2) is 0 Å². The lowest BCUT2D eigenvalue weighted by atomic mass is 9.74. The average molecular weight is 215 g/mol. The number of carbonyl (C=O) groups is 1. The summed E-state index contributed by atoms with van der Waals surface area (Å²) in [4.78, 5) is 14.7. The van der Waals surface area contributed by atoms with Crippen molar-refractivity contribution in [1.82, 2.24) is 0 Å². The fourth-order valence-electron chi connectivity index (χ4n) is 1.54. The molecule has 0 fully saturated rings. The zero-order valence-corrected chi connectivity index (χ0v) is 8.21. The number of nitrogens with zero attached hydrogens (tertiary/aromatic N) is 1. The quantitative estimate of drug-likeness (QED) is 0.508. The summed E-state index contributed by atoms with van der Waals surface area (Å²) in [6.07, 6.45) is 1.06. The lowest BCUT2D eigenvalue weighted by Gasteiger charge is -2.33. The zero-order valence-electron chi connectivity index (χ0n) is 8.21. The molecular formula is C9H13NO5. The van der Waals surface area contributed by atoms with Crippen LogP contribution in [0.3, 0.4) is 0 Å². The van der Waals surface area contributed by atoms with Gasteiger partial charge in [-0.05, 0) is 6.92 Å². The van der Waals surface area contributed by atoms with Gasteiger partial charge in [0.05, 0.1) is 24.8 Å². The summed E-state index contributed by atoms with van der Waals surface area (Å²) >= 11 is 0. The Labute approximate surface area is 86.2 Å². The summed E-state index contributed by atoms with van der Waals surface area (Å²) in [6.45, 7) is 0.202. The van der Waals surface area contributed by atoms with Gasteiger partial charge < -0.3 is 20.4 Å². The monoisotopic (exact) mass is 215 g/mol. The van der Waals surface area contributed by atoms with Crippen molar-refractivity contribution >= 4 is 12.2 Å². The maximum absolute atomic E-state index is 11.0. The number of carboxylic acids is 1. The van der Waals surface area contributed by atoms with Crippen LogP contribution >= 0.6 is 0 Å². The summed E-state index contributed by atoms with van der Waals surface area (Å²) in [5.41, 5.74) is -1.49. The van der Waals surface area contributed by atoms with Crippen molar-refractivity contribution in [2.24, 2.45) is 16.3 Å². The van der Waals surface area contributed by atoms with Crippen LogP contribution in [0.5, 0.6) is 0 Å². The normalized spacial score (nSPS) is 30.7. The van der Waals surface area contributed by atoms with E-state index in [-0.39, 0.29) is 11.5 Å². The first-order valence-corrected chi connectivity index (χ1v) is 4.39. The van der Waals surface area contributed by atoms with Crippen LogP contribution in [-0.2, 0) is 4.79 Å². The predicted molar refractivity (Wildman–Crippen MR) is 51.6 cm³/mol. The van der Waals surface area contributed by atoms with Crippen molar-refractivity contribution < 1.29 is 25.2 Å². The minimum atomic E-state index is -1.74. The number of allylic oxidation sites excluding steroid dienone is 1. The Morgan fingerprint density at radius 1 is 1.60 bits per heavy atom. The third kappa shape index (κ3) is 1.62. The Balaban J connectivity index is 3.23. The molecule has 0 saturated heterocycles. The van der Waals surface area contributed by atoms with Gasteiger partial charge in [0.25, 0.3) is 0 Å². The Kier molecular flexibility index (Phi) is 3.11. The van der Waals surface area contributed by atoms with E-state index in [2.05, 4.69) is 4.99 Å². The van der Waals surface area contributed by atoms with Gasteiger partial charge in [0.2, 0.25) is 0 Å². The van der Waals surface area contributed by atoms with Crippen LogP contribution in [-0.4, -0.2) is 45.8 Å². The second-order valence-electron chi connectivity index (χ2n) is 3.47. The van der Waals surface area contributed by atoms with Crippen LogP contribution < -0.4 is 0 Å². The van der Waals surface area contributed by atoms with E-state index in [0.29, 0.717) is 0 Å². The van der Waals surface area contributed by atoms with Crippen LogP contribution in [0, 0.1) is 11.3 Å². The van der Waals surface area contributed by atoms with Crippen molar-refractivity contribution in [3.05, 3.63) is 11.5 Å². The third-order valence-corrected chi connectivity index (χ3v) is 2.65. The van der Waals surface area contributed by atoms with Crippen LogP contribution in [0.1, 0.15) is 6.92 Å². The van der Waals surface area contributed by atoms with E-state index >= 15 is 0 Å². The fourth-order valence-corrected chi connectivity index (χ4v) is 1.54. The second-order valence-corrected chi connectivity index (χ2v) is 3.47. The molecule has 6 heteroatoms. The highest BCUT2D eigenvalue weighted by Gasteiger charge is 2.48. The van der Waals surface area contributed by atoms with Crippen LogP contribution in [0.15, 0.2) is 16.4 Å². The molecule has 84 valence electrons. The van der Waals surface area contributed by atoms with Crippen molar-refractivity contribution in [3.63, 3.8) is 0 Å². The zero-order chi connectivity index (χ0) is 11.6. The molecule has 4 N–H and O–H groups in total.